The summed E-state index contributed by atoms with van der Waals surface area (Å²) in [6, 6.07) is 10.7. The summed E-state index contributed by atoms with van der Waals surface area (Å²) in [6.45, 7) is 1.90. The molecule has 0 aliphatic heterocycles. The Bertz CT molecular complexity index is 1570. The first-order valence-electron chi connectivity index (χ1n) is 8.86. The topological polar surface area (TPSA) is 108 Å². The summed E-state index contributed by atoms with van der Waals surface area (Å²) in [7, 11) is 0. The first-order chi connectivity index (χ1) is 14.5. The molecular formula is C21H11ClN6OS. The van der Waals surface area contributed by atoms with Crippen LogP contribution in [-0.4, -0.2) is 24.9 Å². The van der Waals surface area contributed by atoms with Crippen molar-refractivity contribution in [1.29, 1.82) is 5.26 Å². The Hall–Kier alpha value is -3.67. The molecule has 1 N–H and O–H groups in total. The van der Waals surface area contributed by atoms with Crippen LogP contribution >= 0.6 is 22.9 Å². The van der Waals surface area contributed by atoms with Crippen molar-refractivity contribution in [3.8, 4) is 27.9 Å². The summed E-state index contributed by atoms with van der Waals surface area (Å²) in [5.74, 6) is 0. The van der Waals surface area contributed by atoms with E-state index in [-0.39, 0.29) is 11.2 Å². The van der Waals surface area contributed by atoms with Crippen LogP contribution in [0.5, 0.6) is 0 Å². The van der Waals surface area contributed by atoms with Gasteiger partial charge in [0.05, 0.1) is 31.7 Å². The summed E-state index contributed by atoms with van der Waals surface area (Å²) in [6.07, 6.45) is 3.40. The van der Waals surface area contributed by atoms with Crippen LogP contribution < -0.4 is 5.56 Å². The van der Waals surface area contributed by atoms with Crippen molar-refractivity contribution < 1.29 is 0 Å². The maximum Gasteiger partial charge on any atom is 0.250 e. The van der Waals surface area contributed by atoms with Crippen molar-refractivity contribution in [2.45, 2.75) is 6.92 Å². The Kier molecular flexibility index (Phi) is 4.28. The van der Waals surface area contributed by atoms with Gasteiger partial charge in [-0.15, -0.1) is 11.3 Å². The highest BCUT2D eigenvalue weighted by Crippen LogP contribution is 2.36. The van der Waals surface area contributed by atoms with Crippen molar-refractivity contribution in [2.24, 2.45) is 0 Å². The molecule has 0 aliphatic carbocycles. The number of fused-ring (bicyclic) bond motifs is 2. The van der Waals surface area contributed by atoms with Gasteiger partial charge in [0.15, 0.2) is 5.65 Å². The molecule has 144 valence electrons. The monoisotopic (exact) mass is 430 g/mol. The predicted molar refractivity (Wildman–Crippen MR) is 116 cm³/mol. The molecule has 0 saturated carbocycles. The van der Waals surface area contributed by atoms with Crippen LogP contribution in [0.15, 0.2) is 47.5 Å². The van der Waals surface area contributed by atoms with E-state index in [1.54, 1.807) is 18.5 Å². The predicted octanol–water partition coefficient (Wildman–Crippen LogP) is 4.49. The van der Waals surface area contributed by atoms with E-state index in [1.807, 2.05) is 31.2 Å². The Morgan fingerprint density at radius 1 is 1.13 bits per heavy atom. The highest BCUT2D eigenvalue weighted by atomic mass is 35.5. The molecule has 7 nitrogen and oxygen atoms in total. The molecule has 5 aromatic rings. The molecule has 0 saturated heterocycles. The third-order valence-corrected chi connectivity index (χ3v) is 5.78. The van der Waals surface area contributed by atoms with Crippen LogP contribution in [0.1, 0.15) is 10.6 Å². The number of thiazole rings is 1. The molecule has 5 rings (SSSR count). The molecule has 1 aromatic carbocycles. The Balaban J connectivity index is 1.89. The first-order valence-corrected chi connectivity index (χ1v) is 10.1. The lowest BCUT2D eigenvalue weighted by Crippen LogP contribution is -2.08. The molecule has 4 heterocycles. The zero-order valence-corrected chi connectivity index (χ0v) is 17.0. The highest BCUT2D eigenvalue weighted by molar-refractivity contribution is 7.15. The number of aromatic nitrogens is 5. The number of benzene rings is 1. The lowest BCUT2D eigenvalue weighted by molar-refractivity contribution is 1.19. The summed E-state index contributed by atoms with van der Waals surface area (Å²) < 4.78 is 0. The molecule has 0 unspecified atom stereocenters. The maximum absolute atomic E-state index is 12.0. The third kappa shape index (κ3) is 3.01. The van der Waals surface area contributed by atoms with Crippen LogP contribution in [0.25, 0.3) is 43.9 Å². The van der Waals surface area contributed by atoms with Gasteiger partial charge in [-0.25, -0.2) is 15.0 Å². The minimum absolute atomic E-state index is 0.156. The molecule has 0 aliphatic rings. The van der Waals surface area contributed by atoms with E-state index in [0.29, 0.717) is 27.4 Å². The van der Waals surface area contributed by atoms with E-state index in [9.17, 15) is 10.1 Å². The van der Waals surface area contributed by atoms with Crippen LogP contribution in [0.4, 0.5) is 0 Å². The smallest absolute Gasteiger partial charge is 0.250 e. The lowest BCUT2D eigenvalue weighted by Gasteiger charge is -2.11. The SMILES string of the molecule is Cc1ncc(-c2nc3[nH]c(=O)cc(C#N)c3nc2-c2cc(Cl)c3ncccc3c2)s1. The molecule has 0 bridgehead atoms. The summed E-state index contributed by atoms with van der Waals surface area (Å²) >= 11 is 7.96. The number of hydrogen-bond donors (Lipinski definition) is 1. The van der Waals surface area contributed by atoms with E-state index in [2.05, 4.69) is 19.9 Å². The fourth-order valence-corrected chi connectivity index (χ4v) is 4.32. The molecular weight excluding hydrogens is 420 g/mol. The normalized spacial score (nSPS) is 11.1. The molecule has 0 atom stereocenters. The maximum atomic E-state index is 12.0. The lowest BCUT2D eigenvalue weighted by atomic mass is 10.1. The summed E-state index contributed by atoms with van der Waals surface area (Å²) in [5.41, 5.74) is 2.83. The van der Waals surface area contributed by atoms with Crippen molar-refractivity contribution in [2.75, 3.05) is 0 Å². The second-order valence-electron chi connectivity index (χ2n) is 6.55. The van der Waals surface area contributed by atoms with Crippen molar-refractivity contribution >= 4 is 45.0 Å². The van der Waals surface area contributed by atoms with Gasteiger partial charge in [-0.1, -0.05) is 17.7 Å². The van der Waals surface area contributed by atoms with E-state index in [0.717, 1.165) is 20.8 Å². The largest absolute Gasteiger partial charge is 0.305 e. The van der Waals surface area contributed by atoms with Gasteiger partial charge in [-0.3, -0.25) is 9.78 Å². The van der Waals surface area contributed by atoms with Gasteiger partial charge in [0, 0.05) is 29.4 Å². The number of aromatic amines is 1. The molecule has 4 aromatic heterocycles. The van der Waals surface area contributed by atoms with Gasteiger partial charge in [0.1, 0.15) is 17.3 Å². The number of rotatable bonds is 2. The Morgan fingerprint density at radius 3 is 2.77 bits per heavy atom. The van der Waals surface area contributed by atoms with Crippen molar-refractivity contribution in [3.05, 3.63) is 68.7 Å². The van der Waals surface area contributed by atoms with Crippen LogP contribution in [-0.2, 0) is 0 Å². The molecule has 0 amide bonds. The van der Waals surface area contributed by atoms with E-state index >= 15 is 0 Å². The summed E-state index contributed by atoms with van der Waals surface area (Å²) in [5, 5.41) is 11.7. The number of nitrogens with zero attached hydrogens (tertiary/aromatic N) is 5. The van der Waals surface area contributed by atoms with Gasteiger partial charge in [0.25, 0.3) is 5.56 Å². The zero-order chi connectivity index (χ0) is 20.8. The van der Waals surface area contributed by atoms with Gasteiger partial charge >= 0.3 is 0 Å². The van der Waals surface area contributed by atoms with E-state index in [4.69, 9.17) is 16.6 Å². The first kappa shape index (κ1) is 18.4. The average Bonchev–Trinajstić information content (AvgIpc) is 3.18. The van der Waals surface area contributed by atoms with Crippen molar-refractivity contribution in [3.63, 3.8) is 0 Å². The fraction of sp³-hybridized carbons (Fsp3) is 0.0476. The van der Waals surface area contributed by atoms with Crippen molar-refractivity contribution in [1.82, 2.24) is 24.9 Å². The number of aryl methyl sites for hydroxylation is 1. The second-order valence-corrected chi connectivity index (χ2v) is 8.20. The Morgan fingerprint density at radius 2 is 2.00 bits per heavy atom. The van der Waals surface area contributed by atoms with Gasteiger partial charge in [0.2, 0.25) is 0 Å². The number of H-pyrrole nitrogens is 1. The molecule has 9 heteroatoms. The van der Waals surface area contributed by atoms with Crippen LogP contribution in [0.3, 0.4) is 0 Å². The molecule has 0 spiro atoms. The fourth-order valence-electron chi connectivity index (χ4n) is 3.28. The minimum Gasteiger partial charge on any atom is -0.305 e. The number of halogens is 1. The molecule has 0 fully saturated rings. The quantitative estimate of drug-likeness (QED) is 0.442. The minimum atomic E-state index is -0.410. The van der Waals surface area contributed by atoms with Crippen LogP contribution in [0.2, 0.25) is 5.02 Å². The summed E-state index contributed by atoms with van der Waals surface area (Å²) in [4.78, 5) is 33.5. The standard InChI is InChI=1S/C21H11ClN6OS/c1-10-25-9-15(30-10)20-18(12-5-11-3-2-4-24-17(11)14(22)6-12)27-19-13(8-23)7-16(29)26-21(19)28-20/h2-7,9H,1H3,(H,26,28,29). The highest BCUT2D eigenvalue weighted by Gasteiger charge is 2.19. The number of hydrogen-bond acceptors (Lipinski definition) is 7. The number of pyridine rings is 2. The van der Waals surface area contributed by atoms with Gasteiger partial charge < -0.3 is 4.98 Å². The third-order valence-electron chi connectivity index (χ3n) is 4.57. The Labute approximate surface area is 178 Å². The number of nitrogens with one attached hydrogen (secondary N) is 1. The number of nitriles is 1. The average molecular weight is 431 g/mol. The van der Waals surface area contributed by atoms with E-state index < -0.39 is 5.56 Å². The molecule has 30 heavy (non-hydrogen) atoms. The van der Waals surface area contributed by atoms with Gasteiger partial charge in [-0.2, -0.15) is 5.26 Å². The van der Waals surface area contributed by atoms with E-state index in [1.165, 1.54) is 17.4 Å². The molecule has 0 radical (unpaired) electrons. The van der Waals surface area contributed by atoms with Crippen LogP contribution in [0, 0.1) is 18.3 Å². The second kappa shape index (κ2) is 6.99. The van der Waals surface area contributed by atoms with Gasteiger partial charge in [-0.05, 0) is 25.1 Å². The zero-order valence-electron chi connectivity index (χ0n) is 15.5.